The maximum atomic E-state index is 12.2. The van der Waals surface area contributed by atoms with Crippen LogP contribution < -0.4 is 0 Å². The van der Waals surface area contributed by atoms with Crippen molar-refractivity contribution in [2.24, 2.45) is 0 Å². The molecule has 11 heteroatoms. The molecule has 0 aliphatic rings. The van der Waals surface area contributed by atoms with Gasteiger partial charge in [-0.25, -0.2) is 4.57 Å². The molecule has 0 heterocycles. The Balaban J connectivity index is 4.48. The number of hydrogen-bond acceptors (Lipinski definition) is 9. The number of hydrogen-bond donors (Lipinski definition) is 3. The number of carbonyl (C=O) groups excluding carboxylic acids is 2. The van der Waals surface area contributed by atoms with Crippen molar-refractivity contribution in [3.05, 3.63) is 60.8 Å². The number of carbonyl (C=O) groups is 2. The molecule has 3 atom stereocenters. The van der Waals surface area contributed by atoms with Crippen molar-refractivity contribution in [3.8, 4) is 0 Å². The van der Waals surface area contributed by atoms with Crippen molar-refractivity contribution in [1.29, 1.82) is 0 Å². The molecule has 0 saturated carbocycles. The Kier molecular flexibility index (Phi) is 23.2. The maximum Gasteiger partial charge on any atom is 0.472 e. The molecule has 0 aromatic carbocycles. The van der Waals surface area contributed by atoms with Crippen LogP contribution in [0.1, 0.15) is 65.2 Å². The Labute approximate surface area is 232 Å². The number of rotatable bonds is 23. The Hall–Kier alpha value is -2.33. The quantitative estimate of drug-likeness (QED) is 0.0879. The minimum absolute atomic E-state index is 0.0527. The summed E-state index contributed by atoms with van der Waals surface area (Å²) in [5.74, 6) is -1.15. The molecule has 0 bridgehead atoms. The average Bonchev–Trinajstić information content (AvgIpc) is 2.91. The fraction of sp³-hybridized carbons (Fsp3) is 0.571. The van der Waals surface area contributed by atoms with Crippen LogP contribution in [0.3, 0.4) is 0 Å². The van der Waals surface area contributed by atoms with E-state index in [0.29, 0.717) is 12.8 Å². The van der Waals surface area contributed by atoms with E-state index in [1.807, 2.05) is 18.2 Å². The van der Waals surface area contributed by atoms with E-state index in [1.54, 1.807) is 13.0 Å². The van der Waals surface area contributed by atoms with Crippen LogP contribution in [-0.2, 0) is 32.7 Å². The third-order valence-corrected chi connectivity index (χ3v) is 5.64. The molecule has 0 saturated heterocycles. The minimum atomic E-state index is -4.61. The molecule has 0 aromatic rings. The summed E-state index contributed by atoms with van der Waals surface area (Å²) in [6, 6.07) is 0. The van der Waals surface area contributed by atoms with Gasteiger partial charge in [-0.3, -0.25) is 18.6 Å². The first-order chi connectivity index (χ1) is 18.7. The van der Waals surface area contributed by atoms with Gasteiger partial charge in [0.1, 0.15) is 12.7 Å². The number of phosphoric ester groups is 1. The Morgan fingerprint density at radius 3 is 1.79 bits per heavy atom. The highest BCUT2D eigenvalue weighted by atomic mass is 31.2. The molecule has 0 aliphatic carbocycles. The Morgan fingerprint density at radius 1 is 0.769 bits per heavy atom. The minimum Gasteiger partial charge on any atom is -0.462 e. The topological polar surface area (TPSA) is 149 Å². The Morgan fingerprint density at radius 2 is 1.28 bits per heavy atom. The first kappa shape index (κ1) is 36.7. The molecule has 0 fully saturated rings. The largest absolute Gasteiger partial charge is 0.472 e. The van der Waals surface area contributed by atoms with Gasteiger partial charge in [-0.05, 0) is 38.5 Å². The molecular weight excluding hydrogens is 527 g/mol. The van der Waals surface area contributed by atoms with E-state index >= 15 is 0 Å². The van der Waals surface area contributed by atoms with Gasteiger partial charge in [0.2, 0.25) is 0 Å². The second-order valence-corrected chi connectivity index (χ2v) is 9.81. The van der Waals surface area contributed by atoms with Gasteiger partial charge in [0.25, 0.3) is 0 Å². The van der Waals surface area contributed by atoms with Gasteiger partial charge < -0.3 is 24.6 Å². The summed E-state index contributed by atoms with van der Waals surface area (Å²) in [5.41, 5.74) is 0. The normalized spacial score (nSPS) is 15.5. The summed E-state index contributed by atoms with van der Waals surface area (Å²) in [7, 11) is -4.61. The van der Waals surface area contributed by atoms with Crippen LogP contribution in [0.5, 0.6) is 0 Å². The van der Waals surface area contributed by atoms with Gasteiger partial charge in [0.05, 0.1) is 26.2 Å². The highest BCUT2D eigenvalue weighted by Gasteiger charge is 2.26. The van der Waals surface area contributed by atoms with Gasteiger partial charge in [0, 0.05) is 6.42 Å². The zero-order valence-corrected chi connectivity index (χ0v) is 24.0. The van der Waals surface area contributed by atoms with Crippen molar-refractivity contribution in [1.82, 2.24) is 0 Å². The van der Waals surface area contributed by atoms with Crippen molar-refractivity contribution in [2.45, 2.75) is 77.4 Å². The van der Waals surface area contributed by atoms with Crippen molar-refractivity contribution in [3.63, 3.8) is 0 Å². The summed E-state index contributed by atoms with van der Waals surface area (Å²) in [5, 5.41) is 18.0. The van der Waals surface area contributed by atoms with Gasteiger partial charge in [-0.15, -0.1) is 0 Å². The summed E-state index contributed by atoms with van der Waals surface area (Å²) < 4.78 is 31.6. The predicted molar refractivity (Wildman–Crippen MR) is 150 cm³/mol. The first-order valence-corrected chi connectivity index (χ1v) is 14.7. The molecular formula is C28H45O10P. The van der Waals surface area contributed by atoms with Crippen LogP contribution in [-0.4, -0.2) is 65.7 Å². The number of allylic oxidation sites excluding steroid dienone is 9. The number of aliphatic hydroxyl groups is 2. The molecule has 3 N–H and O–H groups in total. The van der Waals surface area contributed by atoms with Crippen molar-refractivity contribution < 1.29 is 47.8 Å². The van der Waals surface area contributed by atoms with Gasteiger partial charge >= 0.3 is 19.8 Å². The van der Waals surface area contributed by atoms with E-state index in [0.717, 1.165) is 25.7 Å². The van der Waals surface area contributed by atoms with Gasteiger partial charge in [-0.2, -0.15) is 0 Å². The van der Waals surface area contributed by atoms with E-state index in [4.69, 9.17) is 19.1 Å². The number of ether oxygens (including phenoxy) is 2. The highest BCUT2D eigenvalue weighted by Crippen LogP contribution is 2.43. The third kappa shape index (κ3) is 24.4. The van der Waals surface area contributed by atoms with E-state index < -0.39 is 51.8 Å². The number of phosphoric acid groups is 1. The molecule has 0 aliphatic heterocycles. The van der Waals surface area contributed by atoms with Crippen molar-refractivity contribution >= 4 is 19.8 Å². The zero-order chi connectivity index (χ0) is 29.2. The molecule has 10 nitrogen and oxygen atoms in total. The summed E-state index contributed by atoms with van der Waals surface area (Å²) in [6.07, 6.45) is 22.8. The fourth-order valence-corrected chi connectivity index (χ4v) is 3.48. The molecule has 0 spiro atoms. The summed E-state index contributed by atoms with van der Waals surface area (Å²) in [4.78, 5) is 33.6. The Bertz CT molecular complexity index is 847. The zero-order valence-electron chi connectivity index (χ0n) is 23.1. The lowest BCUT2D eigenvalue weighted by Gasteiger charge is -2.20. The molecule has 0 aromatic heterocycles. The lowest BCUT2D eigenvalue weighted by Crippen LogP contribution is -2.29. The summed E-state index contributed by atoms with van der Waals surface area (Å²) in [6.45, 7) is 1.66. The van der Waals surface area contributed by atoms with E-state index in [9.17, 15) is 24.2 Å². The smallest absolute Gasteiger partial charge is 0.462 e. The first-order valence-electron chi connectivity index (χ1n) is 13.2. The molecule has 3 unspecified atom stereocenters. The molecule has 0 radical (unpaired) electrons. The van der Waals surface area contributed by atoms with Gasteiger partial charge in [0.15, 0.2) is 6.10 Å². The van der Waals surface area contributed by atoms with E-state index in [1.165, 1.54) is 0 Å². The summed E-state index contributed by atoms with van der Waals surface area (Å²) >= 11 is 0. The maximum absolute atomic E-state index is 12.2. The fourth-order valence-electron chi connectivity index (χ4n) is 2.69. The van der Waals surface area contributed by atoms with Crippen LogP contribution in [0.4, 0.5) is 0 Å². The number of esters is 2. The SMILES string of the molecule is CC/C=C\C/C=C\C/C=C\C/C=C\C/C=C\CC(=O)OC(COC(=O)CCC)COP(=O)(O)OCC(O)CO. The predicted octanol–water partition coefficient (Wildman–Crippen LogP) is 4.87. The lowest BCUT2D eigenvalue weighted by atomic mass is 10.2. The average molecular weight is 573 g/mol. The third-order valence-electron chi connectivity index (χ3n) is 4.69. The number of aliphatic hydroxyl groups excluding tert-OH is 2. The molecule has 0 amide bonds. The van der Waals surface area contributed by atoms with Crippen LogP contribution in [0.25, 0.3) is 0 Å². The van der Waals surface area contributed by atoms with Gasteiger partial charge in [-0.1, -0.05) is 74.6 Å². The van der Waals surface area contributed by atoms with E-state index in [2.05, 4.69) is 47.9 Å². The lowest BCUT2D eigenvalue weighted by molar-refractivity contribution is -0.160. The highest BCUT2D eigenvalue weighted by molar-refractivity contribution is 7.47. The van der Waals surface area contributed by atoms with Crippen LogP contribution in [0.15, 0.2) is 60.8 Å². The molecule has 39 heavy (non-hydrogen) atoms. The van der Waals surface area contributed by atoms with Crippen molar-refractivity contribution in [2.75, 3.05) is 26.4 Å². The second-order valence-electron chi connectivity index (χ2n) is 8.35. The van der Waals surface area contributed by atoms with E-state index in [-0.39, 0.29) is 19.4 Å². The van der Waals surface area contributed by atoms with Crippen LogP contribution >= 0.6 is 7.82 Å². The molecule has 0 rings (SSSR count). The van der Waals surface area contributed by atoms with Crippen LogP contribution in [0.2, 0.25) is 0 Å². The monoisotopic (exact) mass is 572 g/mol. The molecule has 222 valence electrons. The second kappa shape index (κ2) is 24.7. The standard InChI is InChI=1S/C28H45O10P/c1-3-5-6-7-8-9-10-11-12-13-14-15-16-17-18-20-28(32)38-26(23-35-27(31)19-4-2)24-37-39(33,34)36-22-25(30)21-29/h5-6,8-9,11-12,14-15,17-18,25-26,29-30H,3-4,7,10,13,16,19-24H2,1-2H3,(H,33,34)/b6-5-,9-8-,12-11-,15-14-,18-17-. The van der Waals surface area contributed by atoms with Crippen LogP contribution in [0, 0.1) is 0 Å².